The Bertz CT molecular complexity index is 504. The molecule has 0 atom stereocenters. The van der Waals surface area contributed by atoms with Crippen molar-refractivity contribution in [3.8, 4) is 0 Å². The molecular weight excluding hydrogens is 278 g/mol. The van der Waals surface area contributed by atoms with Gasteiger partial charge in [0.1, 0.15) is 0 Å². The minimum absolute atomic E-state index is 0.0890. The fourth-order valence-corrected chi connectivity index (χ4v) is 3.78. The summed E-state index contributed by atoms with van der Waals surface area (Å²) < 4.78 is 0. The lowest BCUT2D eigenvalue weighted by Crippen LogP contribution is -2.43. The number of amides is 1. The van der Waals surface area contributed by atoms with E-state index in [0.29, 0.717) is 10.1 Å². The van der Waals surface area contributed by atoms with Crippen LogP contribution < -0.4 is 11.1 Å². The van der Waals surface area contributed by atoms with Gasteiger partial charge < -0.3 is 11.1 Å². The van der Waals surface area contributed by atoms with E-state index in [1.54, 1.807) is 0 Å². The summed E-state index contributed by atoms with van der Waals surface area (Å²) in [5, 5.41) is 3.56. The van der Waals surface area contributed by atoms with Crippen LogP contribution in [0.4, 0.5) is 5.13 Å². The van der Waals surface area contributed by atoms with Crippen molar-refractivity contribution in [2.45, 2.75) is 46.0 Å². The Morgan fingerprint density at radius 2 is 2.16 bits per heavy atom. The number of nitrogens with zero attached hydrogens (tertiary/aromatic N) is 1. The molecule has 1 heterocycles. The van der Waals surface area contributed by atoms with Gasteiger partial charge in [0, 0.05) is 4.88 Å². The Labute approximate surface area is 122 Å². The zero-order valence-electron chi connectivity index (χ0n) is 11.3. The molecule has 6 heteroatoms. The summed E-state index contributed by atoms with van der Waals surface area (Å²) >= 11 is 6.62. The van der Waals surface area contributed by atoms with Crippen LogP contribution in [-0.2, 0) is 11.2 Å². The topological polar surface area (TPSA) is 68.0 Å². The summed E-state index contributed by atoms with van der Waals surface area (Å²) in [6.07, 6.45) is 4.38. The van der Waals surface area contributed by atoms with E-state index in [9.17, 15) is 4.79 Å². The molecule has 1 aromatic rings. The van der Waals surface area contributed by atoms with Crippen molar-refractivity contribution in [2.75, 3.05) is 5.32 Å². The lowest BCUT2D eigenvalue weighted by molar-refractivity contribution is -0.122. The van der Waals surface area contributed by atoms with Crippen molar-refractivity contribution < 1.29 is 4.79 Å². The molecule has 0 saturated heterocycles. The van der Waals surface area contributed by atoms with E-state index in [4.69, 9.17) is 18.0 Å². The number of nitrogens with two attached hydrogens (primary N) is 1. The minimum atomic E-state index is -0.665. The van der Waals surface area contributed by atoms with Gasteiger partial charge >= 0.3 is 0 Å². The van der Waals surface area contributed by atoms with Crippen molar-refractivity contribution in [3.63, 3.8) is 0 Å². The molecular formula is C13H19N3OS2. The van der Waals surface area contributed by atoms with E-state index in [0.717, 1.165) is 42.7 Å². The third-order valence-electron chi connectivity index (χ3n) is 3.81. The number of aryl methyl sites for hydroxylation is 2. The maximum atomic E-state index is 12.5. The standard InChI is InChI=1S/C13H19N3OS2/c1-3-9-8(2)19-12(15-9)16-11(17)13(10(14)18)6-4-5-7-13/h3-7H2,1-2H3,(H2,14,18)(H,15,16,17). The van der Waals surface area contributed by atoms with E-state index < -0.39 is 5.41 Å². The van der Waals surface area contributed by atoms with Crippen LogP contribution in [-0.4, -0.2) is 15.9 Å². The predicted molar refractivity (Wildman–Crippen MR) is 82.5 cm³/mol. The molecule has 1 aliphatic rings. The minimum Gasteiger partial charge on any atom is -0.392 e. The SMILES string of the molecule is CCc1nc(NC(=O)C2(C(N)=S)CCCC2)sc1C. The average Bonchev–Trinajstić information content (AvgIpc) is 2.96. The first-order chi connectivity index (χ1) is 8.99. The highest BCUT2D eigenvalue weighted by Crippen LogP contribution is 2.39. The maximum Gasteiger partial charge on any atom is 0.239 e. The van der Waals surface area contributed by atoms with Crippen molar-refractivity contribution in [1.29, 1.82) is 0 Å². The van der Waals surface area contributed by atoms with Crippen LogP contribution in [0.1, 0.15) is 43.2 Å². The van der Waals surface area contributed by atoms with Crippen LogP contribution in [0.25, 0.3) is 0 Å². The molecule has 0 bridgehead atoms. The van der Waals surface area contributed by atoms with Gasteiger partial charge in [-0.2, -0.15) is 0 Å². The van der Waals surface area contributed by atoms with Gasteiger partial charge in [0.05, 0.1) is 16.1 Å². The number of thiocarbonyl (C=S) groups is 1. The molecule has 0 radical (unpaired) electrons. The van der Waals surface area contributed by atoms with Crippen LogP contribution in [0.2, 0.25) is 0 Å². The van der Waals surface area contributed by atoms with Gasteiger partial charge in [-0.1, -0.05) is 32.0 Å². The average molecular weight is 297 g/mol. The molecule has 0 spiro atoms. The summed E-state index contributed by atoms with van der Waals surface area (Å²) in [5.74, 6) is -0.0890. The van der Waals surface area contributed by atoms with Crippen molar-refractivity contribution in [2.24, 2.45) is 11.1 Å². The Hall–Kier alpha value is -1.01. The first-order valence-electron chi connectivity index (χ1n) is 6.57. The lowest BCUT2D eigenvalue weighted by Gasteiger charge is -2.25. The maximum absolute atomic E-state index is 12.5. The van der Waals surface area contributed by atoms with Crippen LogP contribution in [0.5, 0.6) is 0 Å². The summed E-state index contributed by atoms with van der Waals surface area (Å²) in [6, 6.07) is 0. The van der Waals surface area contributed by atoms with Crippen LogP contribution in [0.15, 0.2) is 0 Å². The molecule has 19 heavy (non-hydrogen) atoms. The second-order valence-electron chi connectivity index (χ2n) is 4.98. The van der Waals surface area contributed by atoms with Crippen LogP contribution in [0, 0.1) is 12.3 Å². The molecule has 104 valence electrons. The summed E-state index contributed by atoms with van der Waals surface area (Å²) in [5.41, 5.74) is 6.17. The first kappa shape index (κ1) is 14.4. The molecule has 1 fully saturated rings. The fourth-order valence-electron chi connectivity index (χ4n) is 2.59. The van der Waals surface area contributed by atoms with Gasteiger partial charge in [-0.15, -0.1) is 11.3 Å². The van der Waals surface area contributed by atoms with E-state index in [-0.39, 0.29) is 5.91 Å². The van der Waals surface area contributed by atoms with Crippen LogP contribution in [0.3, 0.4) is 0 Å². The lowest BCUT2D eigenvalue weighted by atomic mass is 9.85. The smallest absolute Gasteiger partial charge is 0.239 e. The third-order valence-corrected chi connectivity index (χ3v) is 5.13. The molecule has 0 aliphatic heterocycles. The number of thiazole rings is 1. The van der Waals surface area contributed by atoms with Gasteiger partial charge in [-0.25, -0.2) is 4.98 Å². The van der Waals surface area contributed by atoms with Crippen molar-refractivity contribution in [1.82, 2.24) is 4.98 Å². The summed E-state index contributed by atoms with van der Waals surface area (Å²) in [6.45, 7) is 4.08. The number of nitrogens with one attached hydrogen (secondary N) is 1. The van der Waals surface area contributed by atoms with E-state index >= 15 is 0 Å². The third kappa shape index (κ3) is 2.65. The second kappa shape index (κ2) is 5.54. The highest BCUT2D eigenvalue weighted by atomic mass is 32.1. The Morgan fingerprint density at radius 1 is 1.53 bits per heavy atom. The summed E-state index contributed by atoms with van der Waals surface area (Å²) in [7, 11) is 0. The molecule has 0 aromatic carbocycles. The molecule has 1 saturated carbocycles. The van der Waals surface area contributed by atoms with Gasteiger partial charge in [-0.3, -0.25) is 4.79 Å². The van der Waals surface area contributed by atoms with Gasteiger partial charge in [0.2, 0.25) is 5.91 Å². The summed E-state index contributed by atoms with van der Waals surface area (Å²) in [4.78, 5) is 18.4. The number of hydrogen-bond acceptors (Lipinski definition) is 4. The number of rotatable bonds is 4. The number of anilines is 1. The molecule has 1 aliphatic carbocycles. The Kier molecular flexibility index (Phi) is 4.20. The van der Waals surface area contributed by atoms with Gasteiger partial charge in [-0.05, 0) is 26.2 Å². The monoisotopic (exact) mass is 297 g/mol. The fraction of sp³-hybridized carbons (Fsp3) is 0.615. The molecule has 3 N–H and O–H groups in total. The number of carbonyl (C=O) groups is 1. The van der Waals surface area contributed by atoms with Crippen molar-refractivity contribution >= 4 is 39.6 Å². The number of carbonyl (C=O) groups excluding carboxylic acids is 1. The molecule has 0 unspecified atom stereocenters. The number of hydrogen-bond donors (Lipinski definition) is 2. The van der Waals surface area contributed by atoms with Gasteiger partial charge in [0.15, 0.2) is 5.13 Å². The molecule has 4 nitrogen and oxygen atoms in total. The first-order valence-corrected chi connectivity index (χ1v) is 7.79. The molecule has 1 aromatic heterocycles. The Morgan fingerprint density at radius 3 is 2.63 bits per heavy atom. The zero-order valence-corrected chi connectivity index (χ0v) is 12.9. The van der Waals surface area contributed by atoms with Gasteiger partial charge in [0.25, 0.3) is 0 Å². The largest absolute Gasteiger partial charge is 0.392 e. The predicted octanol–water partition coefficient (Wildman–Crippen LogP) is 2.80. The van der Waals surface area contributed by atoms with E-state index in [1.165, 1.54) is 11.3 Å². The molecule has 2 rings (SSSR count). The normalized spacial score (nSPS) is 17.4. The quantitative estimate of drug-likeness (QED) is 0.839. The zero-order chi connectivity index (χ0) is 14.0. The second-order valence-corrected chi connectivity index (χ2v) is 6.63. The molecule has 1 amide bonds. The number of aromatic nitrogens is 1. The Balaban J connectivity index is 2.17. The van der Waals surface area contributed by atoms with Crippen LogP contribution >= 0.6 is 23.6 Å². The van der Waals surface area contributed by atoms with Crippen molar-refractivity contribution in [3.05, 3.63) is 10.6 Å². The van der Waals surface area contributed by atoms with E-state index in [2.05, 4.69) is 17.2 Å². The highest BCUT2D eigenvalue weighted by Gasteiger charge is 2.44. The highest BCUT2D eigenvalue weighted by molar-refractivity contribution is 7.80. The van der Waals surface area contributed by atoms with E-state index in [1.807, 2.05) is 6.92 Å².